The van der Waals surface area contributed by atoms with Crippen molar-refractivity contribution in [2.45, 2.75) is 169 Å². The van der Waals surface area contributed by atoms with Crippen LogP contribution in [0.5, 0.6) is 11.5 Å². The zero-order valence-corrected chi connectivity index (χ0v) is 59.0. The van der Waals surface area contributed by atoms with Crippen LogP contribution in [0.4, 0.5) is 9.59 Å². The lowest BCUT2D eigenvalue weighted by atomic mass is 9.88. The summed E-state index contributed by atoms with van der Waals surface area (Å²) in [4.78, 5) is 117. The van der Waals surface area contributed by atoms with E-state index in [4.69, 9.17) is 54.6 Å². The second-order valence-electron chi connectivity index (χ2n) is 25.8. The van der Waals surface area contributed by atoms with Gasteiger partial charge in [0.2, 0.25) is 23.6 Å². The first-order chi connectivity index (χ1) is 47.0. The van der Waals surface area contributed by atoms with E-state index in [1.54, 1.807) is 93.6 Å². The number of Topliss-reactive ketones (excluding diaryl/α,β-unsaturated/α-hetero) is 2. The average molecular weight is 1400 g/mol. The van der Waals surface area contributed by atoms with E-state index in [9.17, 15) is 53.4 Å². The molecule has 6 amide bonds. The Morgan fingerprint density at radius 3 is 1.24 bits per heavy atom. The Morgan fingerprint density at radius 1 is 0.485 bits per heavy atom. The SMILES string of the molecule is Cc1cc(O)cc(C)c1CC(CC(=O)OC(C)(C)C)C(=O)N[C@@H](CCCCNC(=O)OCc1ccccc1Cl)C(=O)C[C@@H](Cc1ccccc1)C(N)=O.Cc1cc(O)cc(C)c1CC(N)C(=O)N[C@@H](CCCCNC(=O)OCc1ccccc1Cl)C(=O)C[C@@H](Cc1ccccc1)C(N)=O. The molecule has 6 aromatic rings. The second kappa shape index (κ2) is 40.5. The molecular weight excluding hydrogens is 1310 g/mol. The van der Waals surface area contributed by atoms with Gasteiger partial charge in [0.1, 0.15) is 30.3 Å². The fraction of sp³-hybridized carbons (Fsp3) is 0.408. The van der Waals surface area contributed by atoms with Crippen molar-refractivity contribution in [2.24, 2.45) is 35.0 Å². The van der Waals surface area contributed by atoms with Gasteiger partial charge < -0.3 is 62.9 Å². The number of aromatic hydroxyl groups is 2. The van der Waals surface area contributed by atoms with Gasteiger partial charge in [-0.25, -0.2) is 9.59 Å². The molecule has 0 saturated heterocycles. The number of nitrogens with two attached hydrogens (primary N) is 3. The zero-order valence-electron chi connectivity index (χ0n) is 57.5. The molecule has 0 aliphatic rings. The Morgan fingerprint density at radius 2 is 0.859 bits per heavy atom. The maximum absolute atomic E-state index is 14.1. The first-order valence-electron chi connectivity index (χ1n) is 33.1. The molecule has 2 unspecified atom stereocenters. The smallest absolute Gasteiger partial charge is 0.407 e. The number of ketones is 2. The van der Waals surface area contributed by atoms with E-state index in [2.05, 4.69) is 21.3 Å². The number of carbonyl (C=O) groups is 9. The summed E-state index contributed by atoms with van der Waals surface area (Å²) in [5.41, 5.74) is 24.7. The zero-order chi connectivity index (χ0) is 72.8. The molecule has 0 aliphatic carbocycles. The van der Waals surface area contributed by atoms with Crippen molar-refractivity contribution in [3.8, 4) is 11.5 Å². The Balaban J connectivity index is 0.000000361. The fourth-order valence-electron chi connectivity index (χ4n) is 11.2. The number of carbonyl (C=O) groups excluding carboxylic acids is 9. The summed E-state index contributed by atoms with van der Waals surface area (Å²) < 4.78 is 16.0. The molecule has 0 spiro atoms. The monoisotopic (exact) mass is 1400 g/mol. The van der Waals surface area contributed by atoms with Gasteiger partial charge in [0, 0.05) is 58.9 Å². The topological polar surface area (TPSA) is 348 Å². The van der Waals surface area contributed by atoms with E-state index >= 15 is 0 Å². The summed E-state index contributed by atoms with van der Waals surface area (Å²) in [7, 11) is 0. The minimum absolute atomic E-state index is 0.00573. The van der Waals surface area contributed by atoms with Gasteiger partial charge in [0.15, 0.2) is 11.6 Å². The van der Waals surface area contributed by atoms with Gasteiger partial charge in [-0.3, -0.25) is 33.6 Å². The van der Waals surface area contributed by atoms with Gasteiger partial charge in [0.25, 0.3) is 0 Å². The molecule has 0 aromatic heterocycles. The van der Waals surface area contributed by atoms with E-state index in [1.807, 2.05) is 88.4 Å². The van der Waals surface area contributed by atoms with E-state index < -0.39 is 83.3 Å². The number of esters is 1. The number of benzene rings is 6. The summed E-state index contributed by atoms with van der Waals surface area (Å²) in [5, 5.41) is 32.0. The first kappa shape index (κ1) is 80.4. The van der Waals surface area contributed by atoms with Crippen molar-refractivity contribution in [1.82, 2.24) is 21.3 Å². The van der Waals surface area contributed by atoms with Crippen LogP contribution in [0.1, 0.15) is 134 Å². The van der Waals surface area contributed by atoms with Crippen LogP contribution in [-0.4, -0.2) is 100 Å². The van der Waals surface area contributed by atoms with Crippen LogP contribution in [0.3, 0.4) is 0 Å². The highest BCUT2D eigenvalue weighted by molar-refractivity contribution is 6.31. The number of unbranched alkanes of at least 4 members (excludes halogenated alkanes) is 2. The third-order valence-electron chi connectivity index (χ3n) is 16.5. The van der Waals surface area contributed by atoms with Crippen molar-refractivity contribution in [2.75, 3.05) is 13.1 Å². The van der Waals surface area contributed by atoms with Gasteiger partial charge in [-0.2, -0.15) is 0 Å². The molecular formula is C76H95Cl2N7O14. The average Bonchev–Trinajstić information content (AvgIpc) is 0.893. The summed E-state index contributed by atoms with van der Waals surface area (Å²) in [6, 6.07) is 36.1. The molecule has 0 saturated carbocycles. The van der Waals surface area contributed by atoms with Gasteiger partial charge in [-0.1, -0.05) is 120 Å². The highest BCUT2D eigenvalue weighted by Crippen LogP contribution is 2.28. The molecule has 532 valence electrons. The highest BCUT2D eigenvalue weighted by Gasteiger charge is 2.33. The normalized spacial score (nSPS) is 12.9. The largest absolute Gasteiger partial charge is 0.508 e. The molecule has 0 bridgehead atoms. The third kappa shape index (κ3) is 29.0. The number of aryl methyl sites for hydroxylation is 4. The van der Waals surface area contributed by atoms with Crippen LogP contribution in [0, 0.1) is 45.4 Å². The summed E-state index contributed by atoms with van der Waals surface area (Å²) in [5.74, 6) is -5.79. The Bertz CT molecular complexity index is 3650. The lowest BCUT2D eigenvalue weighted by Crippen LogP contribution is -2.50. The van der Waals surface area contributed by atoms with Gasteiger partial charge in [-0.15, -0.1) is 0 Å². The quantitative estimate of drug-likeness (QED) is 0.0100. The maximum atomic E-state index is 14.1. The lowest BCUT2D eigenvalue weighted by molar-refractivity contribution is -0.157. The van der Waals surface area contributed by atoms with E-state index in [0.717, 1.165) is 44.5 Å². The molecule has 23 heteroatoms. The van der Waals surface area contributed by atoms with Crippen molar-refractivity contribution in [1.29, 1.82) is 0 Å². The molecule has 6 rings (SSSR count). The fourth-order valence-corrected chi connectivity index (χ4v) is 11.6. The van der Waals surface area contributed by atoms with Crippen LogP contribution >= 0.6 is 23.2 Å². The number of hydrogen-bond acceptors (Lipinski definition) is 15. The van der Waals surface area contributed by atoms with Crippen LogP contribution in [0.15, 0.2) is 133 Å². The summed E-state index contributed by atoms with van der Waals surface area (Å²) in [6.45, 7) is 13.1. The van der Waals surface area contributed by atoms with Gasteiger partial charge in [0.05, 0.1) is 30.5 Å². The number of halogens is 2. The minimum atomic E-state index is -1.00. The second-order valence-corrected chi connectivity index (χ2v) is 26.7. The number of phenols is 2. The molecule has 6 aromatic carbocycles. The van der Waals surface area contributed by atoms with E-state index in [1.165, 1.54) is 0 Å². The van der Waals surface area contributed by atoms with Crippen molar-refractivity contribution in [3.05, 3.63) is 199 Å². The summed E-state index contributed by atoms with van der Waals surface area (Å²) in [6.07, 6.45) is 1.42. The molecule has 0 radical (unpaired) electrons. The number of alkyl carbamates (subject to hydrolysis) is 2. The minimum Gasteiger partial charge on any atom is -0.508 e. The maximum Gasteiger partial charge on any atom is 0.407 e. The Labute approximate surface area is 590 Å². The molecule has 0 heterocycles. The lowest BCUT2D eigenvalue weighted by Gasteiger charge is -2.25. The predicted molar refractivity (Wildman–Crippen MR) is 380 cm³/mol. The molecule has 0 aliphatic heterocycles. The van der Waals surface area contributed by atoms with Gasteiger partial charge in [-0.05, 0) is 194 Å². The number of hydrogen-bond donors (Lipinski definition) is 9. The third-order valence-corrected chi connectivity index (χ3v) is 17.3. The van der Waals surface area contributed by atoms with Crippen LogP contribution < -0.4 is 38.5 Å². The van der Waals surface area contributed by atoms with E-state index in [0.29, 0.717) is 53.3 Å². The van der Waals surface area contributed by atoms with Gasteiger partial charge >= 0.3 is 18.2 Å². The van der Waals surface area contributed by atoms with Crippen molar-refractivity contribution < 1.29 is 67.6 Å². The van der Waals surface area contributed by atoms with Crippen LogP contribution in [0.25, 0.3) is 0 Å². The van der Waals surface area contributed by atoms with Crippen LogP contribution in [0.2, 0.25) is 10.0 Å². The Hall–Kier alpha value is -9.31. The first-order valence-corrected chi connectivity index (χ1v) is 33.9. The summed E-state index contributed by atoms with van der Waals surface area (Å²) >= 11 is 12.2. The molecule has 6 atom stereocenters. The number of primary amides is 2. The molecule has 99 heavy (non-hydrogen) atoms. The van der Waals surface area contributed by atoms with E-state index in [-0.39, 0.29) is 101 Å². The number of phenolic OH excluding ortho intramolecular Hbond substituents is 2. The van der Waals surface area contributed by atoms with Crippen molar-refractivity contribution >= 4 is 76.6 Å². The predicted octanol–water partition coefficient (Wildman–Crippen LogP) is 10.9. The Kier molecular flexibility index (Phi) is 32.9. The number of nitrogens with one attached hydrogen (secondary N) is 4. The highest BCUT2D eigenvalue weighted by atomic mass is 35.5. The molecule has 21 nitrogen and oxygen atoms in total. The number of ether oxygens (including phenoxy) is 3. The molecule has 12 N–H and O–H groups in total. The van der Waals surface area contributed by atoms with Crippen LogP contribution in [-0.2, 0) is 86.7 Å². The standard InChI is InChI=1S/C41H52ClN3O8.C35H43ClN4O6/c1-26-19-32(46)20-27(2)33(26)22-31(24-37(48)53-41(3,4)5)39(50)45-35(36(47)23-30(38(43)49)21-28-13-7-6-8-14-28)17-11-12-18-44-40(51)52-25-29-15-9-10-16-34(29)42;1-22-16-27(41)17-23(2)28(22)20-30(37)34(44)40-31(32(42)19-26(33(38)43)18-24-10-4-3-5-11-24)14-8-9-15-39-35(45)46-21-25-12-6-7-13-29(25)36/h6-10,13-16,19-20,30-31,35,46H,11-12,17-18,21-25H2,1-5H3,(H2,43,49)(H,44,51)(H,45,50);3-7,10-13,16-17,26,30-31,41H,8-9,14-15,18-21,37H2,1-2H3,(H2,38,43)(H,39,45)(H,40,44)/t30-,31?,35+;26-,30?,31+/m11/s1. The number of amides is 6. The molecule has 0 fully saturated rings. The van der Waals surface area contributed by atoms with Crippen molar-refractivity contribution in [3.63, 3.8) is 0 Å². The number of rotatable bonds is 36.